The lowest BCUT2D eigenvalue weighted by molar-refractivity contribution is -0.106. The van der Waals surface area contributed by atoms with Crippen LogP contribution in [0.15, 0.2) is 24.3 Å². The Hall–Kier alpha value is -0.520. The molecule has 116 valence electrons. The molecule has 0 nitrogen and oxygen atoms in total. The van der Waals surface area contributed by atoms with Crippen LogP contribution in [0.2, 0.25) is 0 Å². The van der Waals surface area contributed by atoms with Crippen LogP contribution in [-0.2, 0) is 0 Å². The predicted octanol–water partition coefficient (Wildman–Crippen LogP) is 6.00. The summed E-state index contributed by atoms with van der Waals surface area (Å²) in [6.07, 6.45) is 18.7. The van der Waals surface area contributed by atoms with Crippen molar-refractivity contribution in [2.75, 3.05) is 0 Å². The maximum atomic E-state index is 2.66. The summed E-state index contributed by atoms with van der Waals surface area (Å²) < 4.78 is 0. The van der Waals surface area contributed by atoms with Gasteiger partial charge >= 0.3 is 0 Å². The Morgan fingerprint density at radius 3 is 2.48 bits per heavy atom. The maximum absolute atomic E-state index is 2.66. The van der Waals surface area contributed by atoms with Crippen LogP contribution in [0.4, 0.5) is 0 Å². The zero-order valence-corrected chi connectivity index (χ0v) is 14.4. The normalized spacial score (nSPS) is 58.5. The summed E-state index contributed by atoms with van der Waals surface area (Å²) >= 11 is 0. The van der Waals surface area contributed by atoms with E-state index in [4.69, 9.17) is 0 Å². The number of hydrogen-bond donors (Lipinski definition) is 0. The van der Waals surface area contributed by atoms with E-state index in [-0.39, 0.29) is 0 Å². The Morgan fingerprint density at radius 1 is 0.952 bits per heavy atom. The van der Waals surface area contributed by atoms with Gasteiger partial charge in [0, 0.05) is 5.41 Å². The second-order valence-corrected chi connectivity index (χ2v) is 9.28. The van der Waals surface area contributed by atoms with E-state index in [0.717, 1.165) is 23.7 Å². The van der Waals surface area contributed by atoms with Crippen molar-refractivity contribution in [1.29, 1.82) is 0 Å². The Morgan fingerprint density at radius 2 is 1.67 bits per heavy atom. The van der Waals surface area contributed by atoms with Gasteiger partial charge in [0.15, 0.2) is 0 Å². The summed E-state index contributed by atoms with van der Waals surface area (Å²) in [6.45, 7) is 10.3. The van der Waals surface area contributed by atoms with E-state index in [1.807, 2.05) is 0 Å². The van der Waals surface area contributed by atoms with Crippen LogP contribution >= 0.6 is 0 Å². The second-order valence-electron chi connectivity index (χ2n) is 9.28. The van der Waals surface area contributed by atoms with Gasteiger partial charge in [0.05, 0.1) is 0 Å². The molecule has 4 rings (SSSR count). The first-order valence-corrected chi connectivity index (χ1v) is 9.29. The lowest BCUT2D eigenvalue weighted by Crippen LogP contribution is -2.57. The van der Waals surface area contributed by atoms with E-state index in [0.29, 0.717) is 16.2 Å². The molecule has 3 fully saturated rings. The number of hydrogen-bond acceptors (Lipinski definition) is 0. The first-order chi connectivity index (χ1) is 9.92. The highest BCUT2D eigenvalue weighted by molar-refractivity contribution is 5.32. The Labute approximate surface area is 131 Å². The second kappa shape index (κ2) is 4.27. The summed E-state index contributed by atoms with van der Waals surface area (Å²) in [5.41, 5.74) is 1.20. The fraction of sp³-hybridized carbons (Fsp3) is 0.810. The number of fused-ring (bicyclic) bond motifs is 5. The molecule has 0 heteroatoms. The van der Waals surface area contributed by atoms with Gasteiger partial charge in [-0.2, -0.15) is 0 Å². The standard InChI is InChI=1S/C21H32/c1-15-13-18-17-10-6-5-9-16(17)14-20(18,3)21(4)12-8-7-11-19(15,21)2/h7-8,11-12,15-18H,5-6,9-10,13-14H2,1-4H3. The first kappa shape index (κ1) is 14.1. The summed E-state index contributed by atoms with van der Waals surface area (Å²) in [4.78, 5) is 0. The average molecular weight is 284 g/mol. The molecule has 0 bridgehead atoms. The van der Waals surface area contributed by atoms with Gasteiger partial charge in [-0.05, 0) is 53.8 Å². The van der Waals surface area contributed by atoms with Crippen LogP contribution in [0.1, 0.15) is 66.2 Å². The molecule has 4 aliphatic carbocycles. The van der Waals surface area contributed by atoms with E-state index in [2.05, 4.69) is 52.0 Å². The maximum Gasteiger partial charge on any atom is 0.000409 e. The molecule has 4 aliphatic rings. The summed E-state index contributed by atoms with van der Waals surface area (Å²) in [5.74, 6) is 3.83. The molecule has 21 heavy (non-hydrogen) atoms. The highest BCUT2D eigenvalue weighted by Crippen LogP contribution is 2.73. The van der Waals surface area contributed by atoms with Crippen molar-refractivity contribution in [3.63, 3.8) is 0 Å². The third kappa shape index (κ3) is 1.52. The molecule has 0 aromatic carbocycles. The molecule has 0 amide bonds. The van der Waals surface area contributed by atoms with Crippen LogP contribution in [-0.4, -0.2) is 0 Å². The molecule has 0 radical (unpaired) electrons. The van der Waals surface area contributed by atoms with Gasteiger partial charge in [0.25, 0.3) is 0 Å². The fourth-order valence-corrected chi connectivity index (χ4v) is 7.18. The molecule has 0 saturated heterocycles. The molecule has 0 heterocycles. The van der Waals surface area contributed by atoms with Crippen molar-refractivity contribution in [3.8, 4) is 0 Å². The summed E-state index contributed by atoms with van der Waals surface area (Å²) in [5, 5.41) is 0. The SMILES string of the molecule is CC1CC2C3CCCCC3CC2(C)C2(C)C=CC=CC12C. The van der Waals surface area contributed by atoms with Crippen molar-refractivity contribution >= 4 is 0 Å². The smallest absolute Gasteiger partial charge is 0.000409 e. The van der Waals surface area contributed by atoms with Gasteiger partial charge < -0.3 is 0 Å². The Bertz CT molecular complexity index is 500. The molecule has 7 unspecified atom stereocenters. The van der Waals surface area contributed by atoms with E-state index < -0.39 is 0 Å². The topological polar surface area (TPSA) is 0 Å². The monoisotopic (exact) mass is 284 g/mol. The molecular weight excluding hydrogens is 252 g/mol. The van der Waals surface area contributed by atoms with Gasteiger partial charge in [0.2, 0.25) is 0 Å². The molecule has 3 saturated carbocycles. The quantitative estimate of drug-likeness (QED) is 0.512. The molecule has 0 aromatic heterocycles. The van der Waals surface area contributed by atoms with Crippen LogP contribution in [0.25, 0.3) is 0 Å². The minimum atomic E-state index is 0.342. The molecular formula is C21H32. The van der Waals surface area contributed by atoms with Gasteiger partial charge in [-0.25, -0.2) is 0 Å². The van der Waals surface area contributed by atoms with Crippen molar-refractivity contribution < 1.29 is 0 Å². The molecule has 0 N–H and O–H groups in total. The highest BCUT2D eigenvalue weighted by Gasteiger charge is 2.67. The van der Waals surface area contributed by atoms with Gasteiger partial charge in [0.1, 0.15) is 0 Å². The van der Waals surface area contributed by atoms with Crippen molar-refractivity contribution in [2.45, 2.75) is 66.2 Å². The number of rotatable bonds is 0. The molecule has 0 aromatic rings. The zero-order chi connectivity index (χ0) is 14.9. The summed E-state index contributed by atoms with van der Waals surface area (Å²) in [6, 6.07) is 0. The van der Waals surface area contributed by atoms with E-state index >= 15 is 0 Å². The molecule has 7 atom stereocenters. The lowest BCUT2D eigenvalue weighted by atomic mass is 9.40. The van der Waals surface area contributed by atoms with Crippen LogP contribution < -0.4 is 0 Å². The minimum absolute atomic E-state index is 0.342. The fourth-order valence-electron chi connectivity index (χ4n) is 7.18. The average Bonchev–Trinajstić information content (AvgIpc) is 2.76. The third-order valence-electron chi connectivity index (χ3n) is 8.91. The minimum Gasteiger partial charge on any atom is -0.0774 e. The van der Waals surface area contributed by atoms with Crippen LogP contribution in [0.3, 0.4) is 0 Å². The van der Waals surface area contributed by atoms with Crippen LogP contribution in [0, 0.1) is 39.9 Å². The van der Waals surface area contributed by atoms with E-state index in [1.54, 1.807) is 0 Å². The lowest BCUT2D eigenvalue weighted by Gasteiger charge is -2.64. The van der Waals surface area contributed by atoms with Crippen molar-refractivity contribution in [1.82, 2.24) is 0 Å². The molecule has 0 aliphatic heterocycles. The Balaban J connectivity index is 1.83. The largest absolute Gasteiger partial charge is 0.0774 e. The van der Waals surface area contributed by atoms with Crippen molar-refractivity contribution in [3.05, 3.63) is 24.3 Å². The predicted molar refractivity (Wildman–Crippen MR) is 89.9 cm³/mol. The Kier molecular flexibility index (Phi) is 2.87. The molecule has 0 spiro atoms. The van der Waals surface area contributed by atoms with E-state index in [1.165, 1.54) is 38.5 Å². The zero-order valence-electron chi connectivity index (χ0n) is 14.4. The van der Waals surface area contributed by atoms with Crippen molar-refractivity contribution in [2.24, 2.45) is 39.9 Å². The van der Waals surface area contributed by atoms with Gasteiger partial charge in [-0.15, -0.1) is 0 Å². The third-order valence-corrected chi connectivity index (χ3v) is 8.91. The first-order valence-electron chi connectivity index (χ1n) is 9.29. The van der Waals surface area contributed by atoms with Gasteiger partial charge in [-0.1, -0.05) is 71.3 Å². The van der Waals surface area contributed by atoms with E-state index in [9.17, 15) is 0 Å². The summed E-state index contributed by atoms with van der Waals surface area (Å²) in [7, 11) is 0. The highest BCUT2D eigenvalue weighted by atomic mass is 14.7. The van der Waals surface area contributed by atoms with Crippen LogP contribution in [0.5, 0.6) is 0 Å². The van der Waals surface area contributed by atoms with Gasteiger partial charge in [-0.3, -0.25) is 0 Å². The number of allylic oxidation sites excluding steroid dienone is 4.